The van der Waals surface area contributed by atoms with Gasteiger partial charge in [0.1, 0.15) is 12.4 Å². The number of carbonyl (C=O) groups is 1. The number of piperidine rings is 1. The highest BCUT2D eigenvalue weighted by Gasteiger charge is 2.28. The molecule has 40 heavy (non-hydrogen) atoms. The van der Waals surface area contributed by atoms with Crippen molar-refractivity contribution in [3.63, 3.8) is 0 Å². The minimum Gasteiger partial charge on any atom is -0.489 e. The zero-order valence-electron chi connectivity index (χ0n) is 23.8. The van der Waals surface area contributed by atoms with Gasteiger partial charge in [-0.1, -0.05) is 84.9 Å². The number of rotatable bonds is 10. The highest BCUT2D eigenvalue weighted by atomic mass is 16.5. The normalized spacial score (nSPS) is 15.1. The van der Waals surface area contributed by atoms with Crippen molar-refractivity contribution in [1.82, 2.24) is 15.1 Å². The molecule has 1 fully saturated rings. The number of benzene rings is 4. The number of urea groups is 1. The molecule has 5 rings (SSSR count). The largest absolute Gasteiger partial charge is 0.489 e. The van der Waals surface area contributed by atoms with Crippen molar-refractivity contribution in [3.05, 3.63) is 114 Å². The standard InChI is InChI=1S/C35H41N3O2/c1-3-38(30-21-23-37(2)24-22-30)35(39)36-34(33-18-10-15-29-14-7-8-17-32(29)33)20-19-27-13-9-16-31(25-27)40-26-28-11-5-4-6-12-28/h4-18,25,30,34H,3,19-24,26H2,1-2H3,(H,36,39). The first-order valence-electron chi connectivity index (χ1n) is 14.6. The van der Waals surface area contributed by atoms with E-state index in [2.05, 4.69) is 97.0 Å². The van der Waals surface area contributed by atoms with Gasteiger partial charge < -0.3 is 19.9 Å². The van der Waals surface area contributed by atoms with Gasteiger partial charge >= 0.3 is 6.03 Å². The molecule has 1 aliphatic rings. The van der Waals surface area contributed by atoms with Gasteiger partial charge in [-0.15, -0.1) is 0 Å². The zero-order valence-corrected chi connectivity index (χ0v) is 23.8. The molecule has 1 unspecified atom stereocenters. The zero-order chi connectivity index (χ0) is 27.7. The number of hydrogen-bond donors (Lipinski definition) is 1. The van der Waals surface area contributed by atoms with Gasteiger partial charge in [-0.25, -0.2) is 4.79 Å². The summed E-state index contributed by atoms with van der Waals surface area (Å²) in [6.45, 7) is 5.41. The maximum absolute atomic E-state index is 13.7. The van der Waals surface area contributed by atoms with Gasteiger partial charge in [0.15, 0.2) is 0 Å². The molecular formula is C35H41N3O2. The average Bonchev–Trinajstić information content (AvgIpc) is 3.00. The Bertz CT molecular complexity index is 1380. The molecule has 0 aromatic heterocycles. The second-order valence-corrected chi connectivity index (χ2v) is 10.9. The first-order valence-corrected chi connectivity index (χ1v) is 14.6. The highest BCUT2D eigenvalue weighted by Crippen LogP contribution is 2.29. The highest BCUT2D eigenvalue weighted by molar-refractivity contribution is 5.86. The molecule has 4 aromatic rings. The lowest BCUT2D eigenvalue weighted by molar-refractivity contribution is 0.132. The van der Waals surface area contributed by atoms with Gasteiger partial charge in [0, 0.05) is 12.6 Å². The number of nitrogens with zero attached hydrogens (tertiary/aromatic N) is 2. The summed E-state index contributed by atoms with van der Waals surface area (Å²) in [5.41, 5.74) is 3.52. The SMILES string of the molecule is CCN(C(=O)NC(CCc1cccc(OCc2ccccc2)c1)c1cccc2ccccc12)C1CCN(C)CC1. The van der Waals surface area contributed by atoms with E-state index in [-0.39, 0.29) is 18.1 Å². The van der Waals surface area contributed by atoms with Crippen LogP contribution >= 0.6 is 0 Å². The number of amides is 2. The smallest absolute Gasteiger partial charge is 0.318 e. The van der Waals surface area contributed by atoms with Crippen molar-refractivity contribution in [1.29, 1.82) is 0 Å². The Morgan fingerprint density at radius 1 is 0.925 bits per heavy atom. The molecule has 0 spiro atoms. The molecule has 1 aliphatic heterocycles. The maximum atomic E-state index is 13.7. The third kappa shape index (κ3) is 7.02. The lowest BCUT2D eigenvalue weighted by atomic mass is 9.94. The van der Waals surface area contributed by atoms with Gasteiger partial charge in [-0.05, 0) is 92.3 Å². The van der Waals surface area contributed by atoms with Crippen LogP contribution < -0.4 is 10.1 Å². The van der Waals surface area contributed by atoms with Crippen LogP contribution in [0, 0.1) is 0 Å². The molecule has 0 aliphatic carbocycles. The summed E-state index contributed by atoms with van der Waals surface area (Å²) in [5, 5.41) is 5.84. The Labute approximate surface area is 238 Å². The van der Waals surface area contributed by atoms with Crippen molar-refractivity contribution < 1.29 is 9.53 Å². The van der Waals surface area contributed by atoms with Gasteiger partial charge in [-0.2, -0.15) is 0 Å². The topological polar surface area (TPSA) is 44.8 Å². The summed E-state index contributed by atoms with van der Waals surface area (Å²) in [7, 11) is 2.16. The molecule has 0 saturated carbocycles. The molecule has 0 bridgehead atoms. The molecule has 5 nitrogen and oxygen atoms in total. The fourth-order valence-corrected chi connectivity index (χ4v) is 5.81. The van der Waals surface area contributed by atoms with E-state index in [9.17, 15) is 4.79 Å². The van der Waals surface area contributed by atoms with Crippen LogP contribution in [0.5, 0.6) is 5.75 Å². The molecule has 1 N–H and O–H groups in total. The first kappa shape index (κ1) is 27.7. The van der Waals surface area contributed by atoms with E-state index < -0.39 is 0 Å². The quantitative estimate of drug-likeness (QED) is 0.233. The van der Waals surface area contributed by atoms with Crippen LogP contribution in [0.3, 0.4) is 0 Å². The molecule has 208 valence electrons. The predicted molar refractivity (Wildman–Crippen MR) is 164 cm³/mol. The third-order valence-electron chi connectivity index (χ3n) is 8.10. The molecule has 1 atom stereocenters. The molecular weight excluding hydrogens is 494 g/mol. The van der Waals surface area contributed by atoms with Gasteiger partial charge in [-0.3, -0.25) is 0 Å². The van der Waals surface area contributed by atoms with Crippen LogP contribution in [0.25, 0.3) is 10.8 Å². The Morgan fingerprint density at radius 2 is 1.62 bits per heavy atom. The van der Waals surface area contributed by atoms with Gasteiger partial charge in [0.25, 0.3) is 0 Å². The Morgan fingerprint density at radius 3 is 2.42 bits per heavy atom. The van der Waals surface area contributed by atoms with E-state index in [4.69, 9.17) is 4.74 Å². The average molecular weight is 536 g/mol. The van der Waals surface area contributed by atoms with Crippen LogP contribution in [0.15, 0.2) is 97.1 Å². The monoisotopic (exact) mass is 535 g/mol. The van der Waals surface area contributed by atoms with E-state index in [1.54, 1.807) is 0 Å². The van der Waals surface area contributed by atoms with E-state index in [1.165, 1.54) is 21.9 Å². The summed E-state index contributed by atoms with van der Waals surface area (Å²) in [6, 6.07) is 33.6. The second kappa shape index (κ2) is 13.5. The molecule has 2 amide bonds. The number of hydrogen-bond acceptors (Lipinski definition) is 3. The summed E-state index contributed by atoms with van der Waals surface area (Å²) in [6.07, 6.45) is 3.67. The predicted octanol–water partition coefficient (Wildman–Crippen LogP) is 7.22. The molecule has 1 heterocycles. The number of fused-ring (bicyclic) bond motifs is 1. The van der Waals surface area contributed by atoms with Crippen molar-refractivity contribution in [2.75, 3.05) is 26.7 Å². The third-order valence-corrected chi connectivity index (χ3v) is 8.10. The lowest BCUT2D eigenvalue weighted by Crippen LogP contribution is -2.50. The summed E-state index contributed by atoms with van der Waals surface area (Å²) >= 11 is 0. The minimum atomic E-state index is -0.104. The molecule has 5 heteroatoms. The maximum Gasteiger partial charge on any atom is 0.318 e. The van der Waals surface area contributed by atoms with Crippen LogP contribution in [0.4, 0.5) is 4.79 Å². The summed E-state index contributed by atoms with van der Waals surface area (Å²) in [5.74, 6) is 0.867. The summed E-state index contributed by atoms with van der Waals surface area (Å²) < 4.78 is 6.09. The number of likely N-dealkylation sites (tertiary alicyclic amines) is 1. The van der Waals surface area contributed by atoms with Crippen molar-refractivity contribution in [2.24, 2.45) is 0 Å². The molecule has 1 saturated heterocycles. The fourth-order valence-electron chi connectivity index (χ4n) is 5.81. The molecule has 0 radical (unpaired) electrons. The summed E-state index contributed by atoms with van der Waals surface area (Å²) in [4.78, 5) is 18.1. The van der Waals surface area contributed by atoms with Gasteiger partial charge in [0.2, 0.25) is 0 Å². The number of ether oxygens (including phenoxy) is 1. The van der Waals surface area contributed by atoms with Crippen molar-refractivity contribution in [3.8, 4) is 5.75 Å². The Hall–Kier alpha value is -3.83. The lowest BCUT2D eigenvalue weighted by Gasteiger charge is -2.37. The molecule has 4 aromatic carbocycles. The number of carbonyl (C=O) groups excluding carboxylic acids is 1. The number of nitrogens with one attached hydrogen (secondary N) is 1. The van der Waals surface area contributed by atoms with E-state index in [0.717, 1.165) is 50.1 Å². The van der Waals surface area contributed by atoms with E-state index in [0.29, 0.717) is 13.2 Å². The van der Waals surface area contributed by atoms with Crippen LogP contribution in [-0.2, 0) is 13.0 Å². The van der Waals surface area contributed by atoms with Crippen LogP contribution in [-0.4, -0.2) is 48.6 Å². The van der Waals surface area contributed by atoms with Crippen molar-refractivity contribution >= 4 is 16.8 Å². The van der Waals surface area contributed by atoms with Crippen LogP contribution in [0.2, 0.25) is 0 Å². The van der Waals surface area contributed by atoms with E-state index >= 15 is 0 Å². The Kier molecular flexibility index (Phi) is 9.35. The van der Waals surface area contributed by atoms with Crippen LogP contribution in [0.1, 0.15) is 48.9 Å². The van der Waals surface area contributed by atoms with Gasteiger partial charge in [0.05, 0.1) is 6.04 Å². The van der Waals surface area contributed by atoms with E-state index in [1.807, 2.05) is 29.2 Å². The minimum absolute atomic E-state index is 0.0370. The Balaban J connectivity index is 1.33. The number of aryl methyl sites for hydroxylation is 1. The van der Waals surface area contributed by atoms with Crippen molar-refractivity contribution in [2.45, 2.75) is 51.3 Å². The first-order chi connectivity index (χ1) is 19.6. The second-order valence-electron chi connectivity index (χ2n) is 10.9. The fraction of sp³-hybridized carbons (Fsp3) is 0.343.